The number of nitrogens with one attached hydrogen (secondary N) is 2. The van der Waals surface area contributed by atoms with E-state index >= 15 is 0 Å². The lowest BCUT2D eigenvalue weighted by atomic mass is 10.2. The number of pyridine rings is 2. The topological polar surface area (TPSA) is 130 Å². The van der Waals surface area contributed by atoms with Crippen LogP contribution < -0.4 is 10.6 Å². The summed E-state index contributed by atoms with van der Waals surface area (Å²) in [5, 5.41) is 6.66. The maximum atomic E-state index is 13.1. The SMILES string of the molecule is CC(C)Nc1nc(NCc2cccnc2C(F)(F)F)c2cccnc2n1.CS(=O)(=O)O. The predicted molar refractivity (Wildman–Crippen MR) is 110 cm³/mol. The van der Waals surface area contributed by atoms with E-state index in [0.717, 1.165) is 6.20 Å². The van der Waals surface area contributed by atoms with Gasteiger partial charge in [-0.25, -0.2) is 4.98 Å². The highest BCUT2D eigenvalue weighted by atomic mass is 32.2. The largest absolute Gasteiger partial charge is 0.433 e. The van der Waals surface area contributed by atoms with E-state index < -0.39 is 22.0 Å². The molecular formula is C18H21F3N6O3S. The Kier molecular flexibility index (Phi) is 7.68. The molecule has 3 rings (SSSR count). The van der Waals surface area contributed by atoms with Crippen LogP contribution in [0.5, 0.6) is 0 Å². The van der Waals surface area contributed by atoms with Gasteiger partial charge in [0.1, 0.15) is 11.5 Å². The Bertz CT molecular complexity index is 1130. The molecule has 0 aromatic carbocycles. The van der Waals surface area contributed by atoms with Crippen LogP contribution >= 0.6 is 0 Å². The summed E-state index contributed by atoms with van der Waals surface area (Å²) < 4.78 is 65.2. The smallest absolute Gasteiger partial charge is 0.365 e. The Morgan fingerprint density at radius 1 is 1.10 bits per heavy atom. The fraction of sp³-hybridized carbons (Fsp3) is 0.333. The van der Waals surface area contributed by atoms with Gasteiger partial charge in [-0.3, -0.25) is 9.54 Å². The van der Waals surface area contributed by atoms with E-state index in [1.807, 2.05) is 13.8 Å². The van der Waals surface area contributed by atoms with Crippen molar-refractivity contribution >= 4 is 32.9 Å². The summed E-state index contributed by atoms with van der Waals surface area (Å²) >= 11 is 0. The van der Waals surface area contributed by atoms with Crippen LogP contribution in [0.3, 0.4) is 0 Å². The molecule has 3 aromatic heterocycles. The van der Waals surface area contributed by atoms with E-state index in [4.69, 9.17) is 4.55 Å². The average molecular weight is 458 g/mol. The van der Waals surface area contributed by atoms with Crippen molar-refractivity contribution in [3.63, 3.8) is 0 Å². The number of alkyl halides is 3. The van der Waals surface area contributed by atoms with E-state index in [-0.39, 0.29) is 18.2 Å². The normalized spacial score (nSPS) is 11.7. The van der Waals surface area contributed by atoms with Gasteiger partial charge in [-0.2, -0.15) is 31.6 Å². The molecule has 3 aromatic rings. The summed E-state index contributed by atoms with van der Waals surface area (Å²) in [5.41, 5.74) is -0.422. The third kappa shape index (κ3) is 7.94. The summed E-state index contributed by atoms with van der Waals surface area (Å²) in [5.74, 6) is 0.763. The molecule has 9 nitrogen and oxygen atoms in total. The van der Waals surface area contributed by atoms with Crippen LogP contribution in [0.2, 0.25) is 0 Å². The summed E-state index contributed by atoms with van der Waals surface area (Å²) in [6.45, 7) is 3.79. The number of halogens is 3. The standard InChI is InChI=1S/C17H17F3N6.CH4O3S/c1-10(2)24-16-25-14-12(6-4-8-22-14)15(26-16)23-9-11-5-3-7-21-13(11)17(18,19)20;1-5(2,3)4/h3-8,10H,9H2,1-2H3,(H2,22,23,24,25,26);1H3,(H,2,3,4). The highest BCUT2D eigenvalue weighted by Gasteiger charge is 2.34. The van der Waals surface area contributed by atoms with Crippen molar-refractivity contribution in [2.45, 2.75) is 32.6 Å². The molecule has 0 amide bonds. The van der Waals surface area contributed by atoms with Crippen LogP contribution in [0, 0.1) is 0 Å². The Labute approximate surface area is 176 Å². The van der Waals surface area contributed by atoms with Gasteiger partial charge >= 0.3 is 6.18 Å². The minimum Gasteiger partial charge on any atom is -0.365 e. The Balaban J connectivity index is 0.000000614. The molecule has 0 atom stereocenters. The Morgan fingerprint density at radius 3 is 2.32 bits per heavy atom. The first-order valence-corrected chi connectivity index (χ1v) is 10.8. The van der Waals surface area contributed by atoms with E-state index in [1.165, 1.54) is 12.1 Å². The quantitative estimate of drug-likeness (QED) is 0.493. The van der Waals surface area contributed by atoms with Gasteiger partial charge in [0.15, 0.2) is 5.65 Å². The van der Waals surface area contributed by atoms with Crippen molar-refractivity contribution in [1.29, 1.82) is 0 Å². The van der Waals surface area contributed by atoms with E-state index in [1.54, 1.807) is 18.3 Å². The van der Waals surface area contributed by atoms with E-state index in [2.05, 4.69) is 30.6 Å². The van der Waals surface area contributed by atoms with Gasteiger partial charge in [0, 0.05) is 30.5 Å². The van der Waals surface area contributed by atoms with Crippen molar-refractivity contribution in [3.05, 3.63) is 47.9 Å². The number of aromatic nitrogens is 4. The summed E-state index contributed by atoms with van der Waals surface area (Å²) in [6.07, 6.45) is -1.08. The van der Waals surface area contributed by atoms with Crippen LogP contribution in [0.25, 0.3) is 11.0 Å². The summed E-state index contributed by atoms with van der Waals surface area (Å²) in [6, 6.07) is 6.43. The highest BCUT2D eigenvalue weighted by Crippen LogP contribution is 2.30. The number of anilines is 2. The van der Waals surface area contributed by atoms with Crippen molar-refractivity contribution in [1.82, 2.24) is 19.9 Å². The first-order valence-electron chi connectivity index (χ1n) is 8.91. The van der Waals surface area contributed by atoms with Crippen molar-refractivity contribution in [2.75, 3.05) is 16.9 Å². The van der Waals surface area contributed by atoms with E-state index in [0.29, 0.717) is 29.1 Å². The molecular weight excluding hydrogens is 437 g/mol. The van der Waals surface area contributed by atoms with Gasteiger partial charge in [-0.15, -0.1) is 0 Å². The molecule has 0 unspecified atom stereocenters. The fourth-order valence-electron chi connectivity index (χ4n) is 2.44. The van der Waals surface area contributed by atoms with Crippen LogP contribution in [0.1, 0.15) is 25.1 Å². The first-order chi connectivity index (χ1) is 14.3. The molecule has 0 bridgehead atoms. The maximum absolute atomic E-state index is 13.1. The second kappa shape index (κ2) is 9.83. The lowest BCUT2D eigenvalue weighted by molar-refractivity contribution is -0.141. The zero-order valence-electron chi connectivity index (χ0n) is 16.8. The van der Waals surface area contributed by atoms with E-state index in [9.17, 15) is 21.6 Å². The van der Waals surface area contributed by atoms with Gasteiger partial charge in [0.05, 0.1) is 11.6 Å². The summed E-state index contributed by atoms with van der Waals surface area (Å²) in [4.78, 5) is 16.4. The molecule has 13 heteroatoms. The van der Waals surface area contributed by atoms with Crippen LogP contribution in [-0.2, 0) is 22.8 Å². The van der Waals surface area contributed by atoms with Crippen molar-refractivity contribution in [2.24, 2.45) is 0 Å². The van der Waals surface area contributed by atoms with Crippen molar-refractivity contribution in [3.8, 4) is 0 Å². The van der Waals surface area contributed by atoms with Crippen molar-refractivity contribution < 1.29 is 26.1 Å². The van der Waals surface area contributed by atoms with Gasteiger partial charge in [-0.05, 0) is 32.0 Å². The van der Waals surface area contributed by atoms with Crippen LogP contribution in [0.15, 0.2) is 36.7 Å². The molecule has 3 N–H and O–H groups in total. The lowest BCUT2D eigenvalue weighted by Crippen LogP contribution is -2.16. The number of hydrogen-bond donors (Lipinski definition) is 3. The minimum absolute atomic E-state index is 0.0361. The molecule has 0 aliphatic rings. The minimum atomic E-state index is -4.52. The number of fused-ring (bicyclic) bond motifs is 1. The van der Waals surface area contributed by atoms with Crippen LogP contribution in [-0.4, -0.2) is 45.2 Å². The molecule has 0 saturated carbocycles. The molecule has 0 radical (unpaired) electrons. The van der Waals surface area contributed by atoms with Gasteiger partial charge < -0.3 is 10.6 Å². The summed E-state index contributed by atoms with van der Waals surface area (Å²) in [7, 11) is -3.67. The number of hydrogen-bond acceptors (Lipinski definition) is 8. The van der Waals surface area contributed by atoms with Gasteiger partial charge in [-0.1, -0.05) is 6.07 Å². The zero-order chi connectivity index (χ0) is 23.2. The first kappa shape index (κ1) is 24.2. The second-order valence-corrected chi connectivity index (χ2v) is 8.13. The lowest BCUT2D eigenvalue weighted by Gasteiger charge is -2.15. The third-order valence-electron chi connectivity index (χ3n) is 3.50. The molecule has 0 fully saturated rings. The average Bonchev–Trinajstić information content (AvgIpc) is 2.64. The highest BCUT2D eigenvalue weighted by molar-refractivity contribution is 7.85. The second-order valence-electron chi connectivity index (χ2n) is 6.66. The Hall–Kier alpha value is -3.06. The van der Waals surface area contributed by atoms with Gasteiger partial charge in [0.2, 0.25) is 5.95 Å². The molecule has 0 saturated heterocycles. The molecule has 31 heavy (non-hydrogen) atoms. The fourth-order valence-corrected chi connectivity index (χ4v) is 2.44. The number of rotatable bonds is 5. The van der Waals surface area contributed by atoms with Gasteiger partial charge in [0.25, 0.3) is 10.1 Å². The Morgan fingerprint density at radius 2 is 1.71 bits per heavy atom. The van der Waals surface area contributed by atoms with Crippen LogP contribution in [0.4, 0.5) is 24.9 Å². The molecule has 0 aliphatic carbocycles. The zero-order valence-corrected chi connectivity index (χ0v) is 17.7. The third-order valence-corrected chi connectivity index (χ3v) is 3.50. The molecule has 168 valence electrons. The maximum Gasteiger partial charge on any atom is 0.433 e. The number of nitrogens with zero attached hydrogens (tertiary/aromatic N) is 4. The monoisotopic (exact) mass is 458 g/mol. The molecule has 0 aliphatic heterocycles. The predicted octanol–water partition coefficient (Wildman–Crippen LogP) is 3.38. The molecule has 3 heterocycles. The molecule has 0 spiro atoms.